The molecule has 38 heavy (non-hydrogen) atoms. The molecule has 1 aromatic rings. The third kappa shape index (κ3) is 8.75. The summed E-state index contributed by atoms with van der Waals surface area (Å²) in [5.74, 6) is -7.24. The lowest BCUT2D eigenvalue weighted by Gasteiger charge is -2.32. The van der Waals surface area contributed by atoms with Gasteiger partial charge in [-0.2, -0.15) is 0 Å². The lowest BCUT2D eigenvalue weighted by Crippen LogP contribution is -2.51. The molecule has 0 aliphatic heterocycles. The standard InChI is InChI=1S/C25H33N3O10/c1-14(29)27-18(11-20(31)32)21(33)26-13-16(22(34)35)12-25(8-2-3-9-25)24(38)28-19(23(36)37)10-15-4-6-17(30)7-5-15/h4-7,16,18-19,30H,2-3,8-13H2,1H3,(H,26,33)(H,27,29)(H,28,38)(H,31,32)(H,34,35)(H,36,37)/t16-,18-,19-/m0/s1. The molecule has 1 aromatic carbocycles. The molecule has 3 amide bonds. The first-order valence-corrected chi connectivity index (χ1v) is 12.1. The molecule has 13 heteroatoms. The molecular formula is C25H33N3O10. The average molecular weight is 536 g/mol. The molecule has 0 unspecified atom stereocenters. The van der Waals surface area contributed by atoms with E-state index in [2.05, 4.69) is 16.0 Å². The maximum Gasteiger partial charge on any atom is 0.326 e. The minimum absolute atomic E-state index is 0.00716. The Hall–Kier alpha value is -4.16. The number of phenolic OH excluding ortho intramolecular Hbond substituents is 1. The summed E-state index contributed by atoms with van der Waals surface area (Å²) in [6, 6.07) is 3.16. The fraction of sp³-hybridized carbons (Fsp3) is 0.520. The Morgan fingerprint density at radius 2 is 1.50 bits per heavy atom. The summed E-state index contributed by atoms with van der Waals surface area (Å²) in [5.41, 5.74) is -0.605. The SMILES string of the molecule is CC(=O)N[C@@H](CC(=O)O)C(=O)NC[C@H](CC1(C(=O)N[C@@H](Cc2ccc(O)cc2)C(=O)O)CCCC1)C(=O)O. The normalized spacial score (nSPS) is 16.4. The maximum atomic E-state index is 13.4. The highest BCUT2D eigenvalue weighted by Crippen LogP contribution is 2.43. The molecule has 0 saturated heterocycles. The van der Waals surface area contributed by atoms with Gasteiger partial charge < -0.3 is 36.4 Å². The van der Waals surface area contributed by atoms with Crippen molar-refractivity contribution in [3.8, 4) is 5.75 Å². The van der Waals surface area contributed by atoms with E-state index in [-0.39, 0.29) is 18.6 Å². The first kappa shape index (κ1) is 30.1. The Bertz CT molecular complexity index is 1030. The van der Waals surface area contributed by atoms with Crippen LogP contribution in [0.5, 0.6) is 5.75 Å². The van der Waals surface area contributed by atoms with Gasteiger partial charge in [0.05, 0.1) is 17.8 Å². The average Bonchev–Trinajstić information content (AvgIpc) is 3.31. The molecule has 13 nitrogen and oxygen atoms in total. The number of hydrogen-bond donors (Lipinski definition) is 7. The van der Waals surface area contributed by atoms with Crippen LogP contribution in [-0.2, 0) is 35.2 Å². The van der Waals surface area contributed by atoms with Gasteiger partial charge in [0.25, 0.3) is 0 Å². The van der Waals surface area contributed by atoms with Gasteiger partial charge in [0, 0.05) is 19.9 Å². The van der Waals surface area contributed by atoms with Crippen LogP contribution >= 0.6 is 0 Å². The van der Waals surface area contributed by atoms with Crippen LogP contribution < -0.4 is 16.0 Å². The number of hydrogen-bond acceptors (Lipinski definition) is 7. The Kier molecular flexibility index (Phi) is 10.6. The smallest absolute Gasteiger partial charge is 0.326 e. The number of carbonyl (C=O) groups excluding carboxylic acids is 3. The van der Waals surface area contributed by atoms with Gasteiger partial charge in [-0.3, -0.25) is 24.0 Å². The minimum atomic E-state index is -1.40. The minimum Gasteiger partial charge on any atom is -0.508 e. The predicted octanol–water partition coefficient (Wildman–Crippen LogP) is 0.251. The van der Waals surface area contributed by atoms with Crippen LogP contribution in [0.25, 0.3) is 0 Å². The molecule has 3 atom stereocenters. The van der Waals surface area contributed by atoms with Crippen molar-refractivity contribution >= 4 is 35.6 Å². The number of carboxylic acid groups (broad SMARTS) is 3. The van der Waals surface area contributed by atoms with Gasteiger partial charge in [0.2, 0.25) is 17.7 Å². The summed E-state index contributed by atoms with van der Waals surface area (Å²) < 4.78 is 0. The molecule has 7 N–H and O–H groups in total. The molecule has 0 bridgehead atoms. The van der Waals surface area contributed by atoms with E-state index in [0.717, 1.165) is 6.92 Å². The van der Waals surface area contributed by atoms with E-state index in [1.807, 2.05) is 0 Å². The summed E-state index contributed by atoms with van der Waals surface area (Å²) >= 11 is 0. The van der Waals surface area contributed by atoms with Crippen LogP contribution in [0.15, 0.2) is 24.3 Å². The van der Waals surface area contributed by atoms with E-state index >= 15 is 0 Å². The molecule has 0 heterocycles. The molecule has 0 aromatic heterocycles. The largest absolute Gasteiger partial charge is 0.508 e. The lowest BCUT2D eigenvalue weighted by atomic mass is 9.76. The van der Waals surface area contributed by atoms with E-state index < -0.39 is 72.0 Å². The molecule has 0 spiro atoms. The summed E-state index contributed by atoms with van der Waals surface area (Å²) in [4.78, 5) is 72.1. The zero-order valence-corrected chi connectivity index (χ0v) is 20.9. The highest BCUT2D eigenvalue weighted by Gasteiger charge is 2.45. The van der Waals surface area contributed by atoms with Crippen molar-refractivity contribution in [2.24, 2.45) is 11.3 Å². The van der Waals surface area contributed by atoms with Gasteiger partial charge in [0.1, 0.15) is 17.8 Å². The van der Waals surface area contributed by atoms with Crippen LogP contribution in [0.3, 0.4) is 0 Å². The molecule has 1 fully saturated rings. The Labute approximate surface area is 218 Å². The number of aromatic hydroxyl groups is 1. The van der Waals surface area contributed by atoms with E-state index in [1.165, 1.54) is 24.3 Å². The number of nitrogens with one attached hydrogen (secondary N) is 3. The monoisotopic (exact) mass is 535 g/mol. The quantitative estimate of drug-likeness (QED) is 0.172. The number of rotatable bonds is 14. The molecule has 2 rings (SSSR count). The van der Waals surface area contributed by atoms with E-state index in [9.17, 15) is 44.1 Å². The van der Waals surface area contributed by atoms with Crippen LogP contribution in [0, 0.1) is 11.3 Å². The van der Waals surface area contributed by atoms with Crippen molar-refractivity contribution in [2.75, 3.05) is 6.54 Å². The number of amides is 3. The van der Waals surface area contributed by atoms with Gasteiger partial charge in [-0.05, 0) is 37.0 Å². The van der Waals surface area contributed by atoms with Crippen LogP contribution in [0.2, 0.25) is 0 Å². The molecule has 1 aliphatic rings. The van der Waals surface area contributed by atoms with Gasteiger partial charge in [-0.1, -0.05) is 25.0 Å². The number of benzene rings is 1. The third-order valence-electron chi connectivity index (χ3n) is 6.60. The second kappa shape index (κ2) is 13.4. The second-order valence-corrected chi connectivity index (χ2v) is 9.56. The van der Waals surface area contributed by atoms with Crippen molar-refractivity contribution in [3.05, 3.63) is 29.8 Å². The number of carbonyl (C=O) groups is 6. The number of carboxylic acids is 3. The van der Waals surface area contributed by atoms with Crippen molar-refractivity contribution in [2.45, 2.75) is 64.0 Å². The maximum absolute atomic E-state index is 13.4. The fourth-order valence-electron chi connectivity index (χ4n) is 4.65. The summed E-state index contributed by atoms with van der Waals surface area (Å²) in [5, 5.41) is 45.0. The van der Waals surface area contributed by atoms with E-state index in [0.29, 0.717) is 31.2 Å². The Morgan fingerprint density at radius 1 is 0.895 bits per heavy atom. The highest BCUT2D eigenvalue weighted by molar-refractivity contribution is 5.91. The van der Waals surface area contributed by atoms with Crippen molar-refractivity contribution < 1.29 is 49.2 Å². The van der Waals surface area contributed by atoms with Crippen LogP contribution in [0.4, 0.5) is 0 Å². The summed E-state index contributed by atoms with van der Waals surface area (Å²) in [6.07, 6.45) is 0.988. The molecule has 0 radical (unpaired) electrons. The van der Waals surface area contributed by atoms with Gasteiger partial charge in [-0.15, -0.1) is 0 Å². The van der Waals surface area contributed by atoms with E-state index in [1.54, 1.807) is 0 Å². The Morgan fingerprint density at radius 3 is 2.00 bits per heavy atom. The molecule has 1 saturated carbocycles. The predicted molar refractivity (Wildman–Crippen MR) is 131 cm³/mol. The lowest BCUT2D eigenvalue weighted by molar-refractivity contribution is -0.147. The summed E-state index contributed by atoms with van der Waals surface area (Å²) in [7, 11) is 0. The Balaban J connectivity index is 2.14. The molecule has 208 valence electrons. The molecule has 1 aliphatic carbocycles. The molecular weight excluding hydrogens is 502 g/mol. The van der Waals surface area contributed by atoms with Crippen LogP contribution in [-0.4, -0.2) is 74.7 Å². The highest BCUT2D eigenvalue weighted by atomic mass is 16.4. The topological polar surface area (TPSA) is 219 Å². The first-order valence-electron chi connectivity index (χ1n) is 12.1. The zero-order chi connectivity index (χ0) is 28.5. The van der Waals surface area contributed by atoms with Gasteiger partial charge >= 0.3 is 17.9 Å². The zero-order valence-electron chi connectivity index (χ0n) is 20.9. The van der Waals surface area contributed by atoms with Gasteiger partial charge in [-0.25, -0.2) is 4.79 Å². The summed E-state index contributed by atoms with van der Waals surface area (Å²) in [6.45, 7) is 0.686. The second-order valence-electron chi connectivity index (χ2n) is 9.56. The number of phenols is 1. The fourth-order valence-corrected chi connectivity index (χ4v) is 4.65. The van der Waals surface area contributed by atoms with Crippen molar-refractivity contribution in [1.29, 1.82) is 0 Å². The van der Waals surface area contributed by atoms with Crippen LogP contribution in [0.1, 0.15) is 51.0 Å². The third-order valence-corrected chi connectivity index (χ3v) is 6.60. The van der Waals surface area contributed by atoms with Crippen molar-refractivity contribution in [1.82, 2.24) is 16.0 Å². The van der Waals surface area contributed by atoms with Gasteiger partial charge in [0.15, 0.2) is 0 Å². The van der Waals surface area contributed by atoms with Crippen molar-refractivity contribution in [3.63, 3.8) is 0 Å². The number of aliphatic carboxylic acids is 3. The van der Waals surface area contributed by atoms with E-state index in [4.69, 9.17) is 5.11 Å². The first-order chi connectivity index (χ1) is 17.8.